The molecule has 0 aromatic heterocycles. The van der Waals surface area contributed by atoms with Crippen molar-refractivity contribution in [2.45, 2.75) is 208 Å². The smallest absolute Gasteiger partial charge is 0.234 e. The van der Waals surface area contributed by atoms with Crippen molar-refractivity contribution in [2.75, 3.05) is 203 Å². The maximum Gasteiger partial charge on any atom is 0.234 e. The molecule has 4 aliphatic rings. The third-order valence-electron chi connectivity index (χ3n) is 14.7. The summed E-state index contributed by atoms with van der Waals surface area (Å²) in [6.07, 6.45) is 2.93. The maximum atomic E-state index is 12.0. The molecule has 0 radical (unpaired) electrons. The molecule has 4 fully saturated rings. The van der Waals surface area contributed by atoms with E-state index in [4.69, 9.17) is 23.7 Å². The van der Waals surface area contributed by atoms with Gasteiger partial charge in [0.25, 0.3) is 0 Å². The van der Waals surface area contributed by atoms with Crippen LogP contribution in [0.5, 0.6) is 0 Å². The lowest BCUT2D eigenvalue weighted by Gasteiger charge is -2.35. The summed E-state index contributed by atoms with van der Waals surface area (Å²) in [6.45, 7) is 82.4. The number of piperidine rings is 1. The van der Waals surface area contributed by atoms with Crippen LogP contribution in [0.1, 0.15) is 185 Å². The van der Waals surface area contributed by atoms with E-state index < -0.39 is 0 Å². The average molecular weight is 1230 g/mol. The molecule has 0 spiro atoms. The number of nitrogens with one attached hydrogen (secondary N) is 3. The molecule has 512 valence electrons. The lowest BCUT2D eigenvalue weighted by Crippen LogP contribution is -2.50. The number of nitrogens with zero attached hydrogens (tertiary/aromatic N) is 7. The third kappa shape index (κ3) is 52.1. The Hall–Kier alpha value is -1.58. The molecular formula is C69H144N10O7. The van der Waals surface area contributed by atoms with Gasteiger partial charge < -0.3 is 44.5 Å². The van der Waals surface area contributed by atoms with Gasteiger partial charge in [-0.3, -0.25) is 39.0 Å². The fraction of sp³-hybridized carbons (Fsp3) is 0.971. The summed E-state index contributed by atoms with van der Waals surface area (Å²) in [5.41, 5.74) is 0.800. The summed E-state index contributed by atoms with van der Waals surface area (Å²) in [6, 6.07) is 0. The first kappa shape index (κ1) is 82.4. The van der Waals surface area contributed by atoms with Crippen LogP contribution in [0.3, 0.4) is 0 Å². The van der Waals surface area contributed by atoms with E-state index in [1.807, 2.05) is 0 Å². The van der Waals surface area contributed by atoms with Crippen molar-refractivity contribution < 1.29 is 33.3 Å². The van der Waals surface area contributed by atoms with Crippen LogP contribution in [-0.4, -0.2) is 272 Å². The van der Waals surface area contributed by atoms with Gasteiger partial charge in [-0.2, -0.15) is 0 Å². The molecule has 2 amide bonds. The van der Waals surface area contributed by atoms with E-state index in [2.05, 4.69) is 216 Å². The fourth-order valence-electron chi connectivity index (χ4n) is 9.58. The lowest BCUT2D eigenvalue weighted by molar-refractivity contribution is -0.123. The maximum absolute atomic E-state index is 12.0. The van der Waals surface area contributed by atoms with Gasteiger partial charge in [-0.1, -0.05) is 83.1 Å². The molecular weight excluding hydrogens is 1080 g/mol. The van der Waals surface area contributed by atoms with Crippen LogP contribution in [0.2, 0.25) is 0 Å². The topological polar surface area (TPSA) is 139 Å². The van der Waals surface area contributed by atoms with Gasteiger partial charge in [0.1, 0.15) is 0 Å². The Balaban J connectivity index is 0.000000573. The first-order valence-electron chi connectivity index (χ1n) is 33.9. The molecule has 17 heteroatoms. The van der Waals surface area contributed by atoms with Gasteiger partial charge in [-0.15, -0.1) is 0 Å². The first-order valence-corrected chi connectivity index (χ1v) is 33.9. The second-order valence-electron chi connectivity index (χ2n) is 33.8. The Labute approximate surface area is 531 Å². The highest BCUT2D eigenvalue weighted by atomic mass is 16.5. The Morgan fingerprint density at radius 1 is 0.349 bits per heavy atom. The summed E-state index contributed by atoms with van der Waals surface area (Å²) in [5.74, 6) is 0.892. The zero-order chi connectivity index (χ0) is 65.5. The van der Waals surface area contributed by atoms with Gasteiger partial charge in [-0.05, 0) is 137 Å². The molecule has 86 heavy (non-hydrogen) atoms. The number of piperazine rings is 3. The van der Waals surface area contributed by atoms with E-state index in [9.17, 15) is 9.59 Å². The zero-order valence-electron chi connectivity index (χ0n) is 61.1. The molecule has 0 aromatic carbocycles. The quantitative estimate of drug-likeness (QED) is 0.0710. The van der Waals surface area contributed by atoms with E-state index in [0.29, 0.717) is 24.3 Å². The van der Waals surface area contributed by atoms with Crippen LogP contribution < -0.4 is 16.0 Å². The molecule has 0 aromatic rings. The summed E-state index contributed by atoms with van der Waals surface area (Å²) in [4.78, 5) is 41.1. The SMILES string of the molecule is CC(C)(C)CNC(=O)CC1CCN(CCOC(C)(C)C)CC1.CC(C)(C)CNC(=O)CN1CCN(CCOC(C)(C)C)CC1.CC(C)(C)CNCCN1CCN(CCOC(C)(C)C)CC1.CC(C)(C)COCCN1CCN(CCOC(C)(C)C)CC1. The molecule has 17 nitrogen and oxygen atoms in total. The highest BCUT2D eigenvalue weighted by Crippen LogP contribution is 2.22. The van der Waals surface area contributed by atoms with Crippen molar-refractivity contribution in [1.82, 2.24) is 50.2 Å². The van der Waals surface area contributed by atoms with Gasteiger partial charge in [0.05, 0.1) is 68.6 Å². The minimum Gasteiger partial charge on any atom is -0.380 e. The van der Waals surface area contributed by atoms with E-state index in [1.165, 1.54) is 32.7 Å². The van der Waals surface area contributed by atoms with E-state index in [-0.39, 0.29) is 50.5 Å². The summed E-state index contributed by atoms with van der Waals surface area (Å²) >= 11 is 0. The fourth-order valence-corrected chi connectivity index (χ4v) is 9.58. The minimum absolute atomic E-state index is 0.0133. The number of rotatable bonds is 26. The van der Waals surface area contributed by atoms with Gasteiger partial charge in [-0.25, -0.2) is 0 Å². The molecule has 0 aliphatic carbocycles. The Bertz CT molecular complexity index is 1590. The van der Waals surface area contributed by atoms with E-state index >= 15 is 0 Å². The number of carbonyl (C=O) groups is 2. The largest absolute Gasteiger partial charge is 0.380 e. The average Bonchev–Trinajstić information content (AvgIpc) is 3.37. The third-order valence-corrected chi connectivity index (χ3v) is 14.7. The standard InChI is InChI=1S/C18H36N2O2.C17H35N3O2.C17H37N3O.C17H36N2O2/c1-17(2,3)14-19-16(21)13-15-7-9-20(10-8-15)11-12-22-18(4,5)6;1-16(2,3)14-18-15(21)13-20-9-7-19(8-10-20)11-12-22-17(4,5)6;1-16(2,3)15-18-7-8-19-9-11-20(12-10-19)13-14-21-17(4,5)6;1-16(2,3)15-20-13-11-18-7-9-19(10-8-18)12-14-21-17(4,5)6/h15H,7-14H2,1-6H3,(H,19,21);7-14H2,1-6H3,(H,18,21);18H,7-15H2,1-6H3;7-15H2,1-6H3. The molecule has 4 saturated heterocycles. The zero-order valence-corrected chi connectivity index (χ0v) is 61.1. The number of amides is 2. The molecule has 4 aliphatic heterocycles. The second-order valence-corrected chi connectivity index (χ2v) is 33.8. The summed E-state index contributed by atoms with van der Waals surface area (Å²) < 4.78 is 28.9. The predicted octanol–water partition coefficient (Wildman–Crippen LogP) is 9.18. The molecule has 4 heterocycles. The number of ether oxygens (including phenoxy) is 5. The highest BCUT2D eigenvalue weighted by Gasteiger charge is 2.25. The Kier molecular flexibility index (Phi) is 38.7. The van der Waals surface area contributed by atoms with Crippen molar-refractivity contribution in [2.24, 2.45) is 27.6 Å². The van der Waals surface area contributed by atoms with Crippen LogP contribution in [0.25, 0.3) is 0 Å². The molecule has 4 rings (SSSR count). The molecule has 0 atom stereocenters. The minimum atomic E-state index is -0.0625. The molecule has 0 bridgehead atoms. The molecule has 3 N–H and O–H groups in total. The van der Waals surface area contributed by atoms with Crippen LogP contribution >= 0.6 is 0 Å². The van der Waals surface area contributed by atoms with Gasteiger partial charge >= 0.3 is 0 Å². The summed E-state index contributed by atoms with van der Waals surface area (Å²) in [5, 5.41) is 9.64. The predicted molar refractivity (Wildman–Crippen MR) is 363 cm³/mol. The van der Waals surface area contributed by atoms with Crippen molar-refractivity contribution in [3.8, 4) is 0 Å². The Morgan fingerprint density at radius 3 is 0.953 bits per heavy atom. The van der Waals surface area contributed by atoms with Crippen molar-refractivity contribution in [1.29, 1.82) is 0 Å². The van der Waals surface area contributed by atoms with Crippen LogP contribution in [0.4, 0.5) is 0 Å². The van der Waals surface area contributed by atoms with Crippen LogP contribution in [0.15, 0.2) is 0 Å². The van der Waals surface area contributed by atoms with Gasteiger partial charge in [0.2, 0.25) is 11.8 Å². The number of hydrogen-bond donors (Lipinski definition) is 3. The summed E-state index contributed by atoms with van der Waals surface area (Å²) in [7, 11) is 0. The van der Waals surface area contributed by atoms with E-state index in [1.54, 1.807) is 0 Å². The number of hydrogen-bond acceptors (Lipinski definition) is 15. The number of carbonyl (C=O) groups excluding carboxylic acids is 2. The normalized spacial score (nSPS) is 18.8. The monoisotopic (exact) mass is 1230 g/mol. The molecule has 0 unspecified atom stereocenters. The second kappa shape index (κ2) is 40.4. The van der Waals surface area contributed by atoms with Gasteiger partial charge in [0, 0.05) is 150 Å². The van der Waals surface area contributed by atoms with Crippen molar-refractivity contribution in [3.05, 3.63) is 0 Å². The van der Waals surface area contributed by atoms with E-state index in [0.717, 1.165) is 177 Å². The van der Waals surface area contributed by atoms with Gasteiger partial charge in [0.15, 0.2) is 0 Å². The number of likely N-dealkylation sites (tertiary alicyclic amines) is 1. The lowest BCUT2D eigenvalue weighted by atomic mass is 9.92. The Morgan fingerprint density at radius 2 is 0.640 bits per heavy atom. The van der Waals surface area contributed by atoms with Crippen molar-refractivity contribution in [3.63, 3.8) is 0 Å². The van der Waals surface area contributed by atoms with Crippen LogP contribution in [0, 0.1) is 27.6 Å². The first-order chi connectivity index (χ1) is 39.4. The highest BCUT2D eigenvalue weighted by molar-refractivity contribution is 5.78. The van der Waals surface area contributed by atoms with Crippen LogP contribution in [-0.2, 0) is 33.3 Å². The molecule has 0 saturated carbocycles. The van der Waals surface area contributed by atoms with Crippen molar-refractivity contribution >= 4 is 11.8 Å².